The van der Waals surface area contributed by atoms with Crippen LogP contribution in [0.25, 0.3) is 0 Å². The van der Waals surface area contributed by atoms with E-state index >= 15 is 0 Å². The monoisotopic (exact) mass is 851 g/mol. The summed E-state index contributed by atoms with van der Waals surface area (Å²) >= 11 is 0. The SMILES string of the molecule is CN(CCOCCOCCOCC(=O)Nc1ccc2c(c1)C(=O)N(C1CCC(=O)NC1=O)C2=O)CCC(c1ccccc1)n1cc(NC(=O)c2n[nH]c3c2CCC(C)(C)C3)cn1. The molecule has 4 aromatic rings. The van der Waals surface area contributed by atoms with Gasteiger partial charge in [0, 0.05) is 42.7 Å². The number of ether oxygens (including phenoxy) is 3. The topological polar surface area (TPSA) is 219 Å². The van der Waals surface area contributed by atoms with E-state index in [9.17, 15) is 28.8 Å². The summed E-state index contributed by atoms with van der Waals surface area (Å²) in [6, 6.07) is 13.3. The van der Waals surface area contributed by atoms with Crippen molar-refractivity contribution in [2.45, 2.75) is 64.5 Å². The third-order valence-electron chi connectivity index (χ3n) is 11.3. The van der Waals surface area contributed by atoms with Gasteiger partial charge in [-0.1, -0.05) is 44.2 Å². The molecule has 2 aromatic carbocycles. The predicted molar refractivity (Wildman–Crippen MR) is 225 cm³/mol. The van der Waals surface area contributed by atoms with E-state index < -0.39 is 35.6 Å². The molecule has 3 aliphatic rings. The molecule has 62 heavy (non-hydrogen) atoms. The fraction of sp³-hybridized carbons (Fsp3) is 0.455. The largest absolute Gasteiger partial charge is 0.378 e. The molecule has 4 N–H and O–H groups in total. The Hall–Kier alpha value is -6.08. The summed E-state index contributed by atoms with van der Waals surface area (Å²) in [5.41, 5.74) is 4.88. The Kier molecular flexibility index (Phi) is 14.0. The number of piperidine rings is 1. The predicted octanol–water partition coefficient (Wildman–Crippen LogP) is 3.37. The first-order valence-corrected chi connectivity index (χ1v) is 20.9. The summed E-state index contributed by atoms with van der Waals surface area (Å²) < 4.78 is 18.7. The van der Waals surface area contributed by atoms with Crippen molar-refractivity contribution >= 4 is 46.8 Å². The summed E-state index contributed by atoms with van der Waals surface area (Å²) in [5.74, 6) is -3.13. The van der Waals surface area contributed by atoms with Crippen LogP contribution in [-0.4, -0.2) is 131 Å². The van der Waals surface area contributed by atoms with Gasteiger partial charge in [0.15, 0.2) is 5.69 Å². The molecule has 1 aliphatic carbocycles. The lowest BCUT2D eigenvalue weighted by atomic mass is 9.76. The number of aromatic amines is 1. The summed E-state index contributed by atoms with van der Waals surface area (Å²) in [6.45, 7) is 7.37. The maximum atomic E-state index is 13.3. The van der Waals surface area contributed by atoms with E-state index in [2.05, 4.69) is 62.1 Å². The van der Waals surface area contributed by atoms with Gasteiger partial charge in [0.25, 0.3) is 17.7 Å². The highest BCUT2D eigenvalue weighted by atomic mass is 16.5. The number of benzene rings is 2. The van der Waals surface area contributed by atoms with Crippen molar-refractivity contribution in [2.75, 3.05) is 70.4 Å². The first-order valence-electron chi connectivity index (χ1n) is 20.9. The minimum atomic E-state index is -1.07. The standard InChI is InChI=1S/C44H53N9O9/c1-44(2)15-13-32-34(24-44)49-50-39(32)41(57)47-30-25-45-52(26-30)35(28-7-5-4-6-8-28)14-16-51(3)17-18-60-19-20-61-21-22-62-27-38(55)46-29-9-10-31-33(23-29)43(59)53(42(31)58)36-11-12-37(54)48-40(36)56/h4-10,23,25-26,35-36H,11-22,24,27H2,1-3H3,(H,46,55)(H,47,57)(H,49,50)(H,48,54,56). The van der Waals surface area contributed by atoms with Crippen LogP contribution in [0.4, 0.5) is 11.4 Å². The van der Waals surface area contributed by atoms with Crippen molar-refractivity contribution in [3.05, 3.63) is 94.6 Å². The van der Waals surface area contributed by atoms with Crippen molar-refractivity contribution in [1.82, 2.24) is 35.1 Å². The van der Waals surface area contributed by atoms with Crippen molar-refractivity contribution in [1.29, 1.82) is 0 Å². The Labute approximate surface area is 359 Å². The molecule has 7 rings (SSSR count). The molecule has 2 unspecified atom stereocenters. The molecule has 4 heterocycles. The number of fused-ring (bicyclic) bond motifs is 2. The number of H-pyrrole nitrogens is 1. The smallest absolute Gasteiger partial charge is 0.276 e. The van der Waals surface area contributed by atoms with Crippen LogP contribution in [0.1, 0.15) is 93.6 Å². The van der Waals surface area contributed by atoms with Gasteiger partial charge in [-0.2, -0.15) is 10.2 Å². The highest BCUT2D eigenvalue weighted by Crippen LogP contribution is 2.35. The van der Waals surface area contributed by atoms with Crippen LogP contribution in [0.5, 0.6) is 0 Å². The lowest BCUT2D eigenvalue weighted by Gasteiger charge is -2.28. The van der Waals surface area contributed by atoms with Gasteiger partial charge in [-0.25, -0.2) is 0 Å². The van der Waals surface area contributed by atoms with Gasteiger partial charge in [-0.3, -0.25) is 48.8 Å². The number of aromatic nitrogens is 4. The minimum Gasteiger partial charge on any atom is -0.378 e. The molecule has 18 nitrogen and oxygen atoms in total. The van der Waals surface area contributed by atoms with E-state index in [0.29, 0.717) is 43.4 Å². The summed E-state index contributed by atoms with van der Waals surface area (Å²) in [6.07, 6.45) is 7.09. The lowest BCUT2D eigenvalue weighted by Crippen LogP contribution is -2.54. The van der Waals surface area contributed by atoms with Crippen molar-refractivity contribution in [2.24, 2.45) is 5.41 Å². The molecule has 328 valence electrons. The molecule has 0 bridgehead atoms. The van der Waals surface area contributed by atoms with Crippen molar-refractivity contribution < 1.29 is 43.0 Å². The fourth-order valence-electron chi connectivity index (χ4n) is 7.95. The molecule has 2 aliphatic heterocycles. The number of carbonyl (C=O) groups excluding carboxylic acids is 6. The second-order valence-electron chi connectivity index (χ2n) is 16.6. The number of carbonyl (C=O) groups is 6. The second-order valence-corrected chi connectivity index (χ2v) is 16.6. The second kappa shape index (κ2) is 19.7. The van der Waals surface area contributed by atoms with Gasteiger partial charge in [-0.15, -0.1) is 0 Å². The number of hydrogen-bond donors (Lipinski definition) is 4. The molecular weight excluding hydrogens is 799 g/mol. The Morgan fingerprint density at radius 1 is 0.903 bits per heavy atom. The van der Waals surface area contributed by atoms with E-state index in [1.54, 1.807) is 6.20 Å². The molecule has 18 heteroatoms. The van der Waals surface area contributed by atoms with Crippen molar-refractivity contribution in [3.8, 4) is 0 Å². The summed E-state index contributed by atoms with van der Waals surface area (Å²) in [5, 5.41) is 19.9. The zero-order valence-corrected chi connectivity index (χ0v) is 35.2. The fourth-order valence-corrected chi connectivity index (χ4v) is 7.95. The molecule has 1 fully saturated rings. The Morgan fingerprint density at radius 2 is 1.65 bits per heavy atom. The van der Waals surface area contributed by atoms with Gasteiger partial charge in [-0.05, 0) is 68.3 Å². The van der Waals surface area contributed by atoms with E-state index in [1.807, 2.05) is 36.1 Å². The van der Waals surface area contributed by atoms with Gasteiger partial charge < -0.3 is 29.7 Å². The first kappa shape index (κ1) is 44.0. The van der Waals surface area contributed by atoms with Crippen LogP contribution < -0.4 is 16.0 Å². The number of anilines is 2. The van der Waals surface area contributed by atoms with Crippen molar-refractivity contribution in [3.63, 3.8) is 0 Å². The number of likely N-dealkylation sites (N-methyl/N-ethyl adjacent to an activating group) is 1. The first-order chi connectivity index (χ1) is 29.9. The highest BCUT2D eigenvalue weighted by molar-refractivity contribution is 6.24. The average Bonchev–Trinajstić information content (AvgIpc) is 3.94. The van der Waals surface area contributed by atoms with E-state index in [1.165, 1.54) is 18.2 Å². The van der Waals surface area contributed by atoms with Gasteiger partial charge in [0.2, 0.25) is 17.7 Å². The van der Waals surface area contributed by atoms with Crippen LogP contribution in [0.15, 0.2) is 60.9 Å². The number of amides is 6. The van der Waals surface area contributed by atoms with Gasteiger partial charge in [0.1, 0.15) is 12.6 Å². The molecule has 6 amide bonds. The van der Waals surface area contributed by atoms with E-state index in [0.717, 1.165) is 53.9 Å². The van der Waals surface area contributed by atoms with Crippen LogP contribution in [0.3, 0.4) is 0 Å². The van der Waals surface area contributed by atoms with Crippen LogP contribution >= 0.6 is 0 Å². The number of hydrogen-bond acceptors (Lipinski definition) is 12. The van der Waals surface area contributed by atoms with E-state index in [4.69, 9.17) is 14.2 Å². The zero-order valence-electron chi connectivity index (χ0n) is 35.2. The van der Waals surface area contributed by atoms with E-state index in [-0.39, 0.29) is 61.2 Å². The molecule has 2 atom stereocenters. The number of nitrogens with one attached hydrogen (secondary N) is 4. The highest BCUT2D eigenvalue weighted by Gasteiger charge is 2.44. The third kappa shape index (κ3) is 10.7. The zero-order chi connectivity index (χ0) is 43.8. The van der Waals surface area contributed by atoms with Crippen LogP contribution in [0, 0.1) is 5.41 Å². The maximum absolute atomic E-state index is 13.3. The minimum absolute atomic E-state index is 0.0240. The summed E-state index contributed by atoms with van der Waals surface area (Å²) in [4.78, 5) is 78.6. The Balaban J connectivity index is 0.765. The summed E-state index contributed by atoms with van der Waals surface area (Å²) in [7, 11) is 2.04. The molecular formula is C44H53N9O9. The van der Waals surface area contributed by atoms with Gasteiger partial charge in [0.05, 0.1) is 62.1 Å². The number of imide groups is 2. The van der Waals surface area contributed by atoms with Crippen LogP contribution in [0.2, 0.25) is 0 Å². The molecule has 1 saturated heterocycles. The molecule has 0 radical (unpaired) electrons. The average molecular weight is 852 g/mol. The maximum Gasteiger partial charge on any atom is 0.276 e. The number of nitrogens with zero attached hydrogens (tertiary/aromatic N) is 5. The quantitative estimate of drug-likeness (QED) is 0.0744. The molecule has 0 spiro atoms. The lowest BCUT2D eigenvalue weighted by molar-refractivity contribution is -0.136. The van der Waals surface area contributed by atoms with Crippen LogP contribution in [-0.2, 0) is 41.4 Å². The van der Waals surface area contributed by atoms with Gasteiger partial charge >= 0.3 is 0 Å². The molecule has 2 aromatic heterocycles. The Bertz CT molecular complexity index is 2290. The molecule has 0 saturated carbocycles. The normalized spacial score (nSPS) is 17.5. The third-order valence-corrected chi connectivity index (χ3v) is 11.3. The number of rotatable bonds is 20. The Morgan fingerprint density at radius 3 is 2.42 bits per heavy atom.